The molecular formula is C24H22Cl2N2O3S. The molecule has 0 fully saturated rings. The van der Waals surface area contributed by atoms with Crippen LogP contribution in [0.1, 0.15) is 25.2 Å². The second-order valence-electron chi connectivity index (χ2n) is 7.28. The van der Waals surface area contributed by atoms with Crippen LogP contribution in [0.25, 0.3) is 22.2 Å². The molecule has 0 aliphatic heterocycles. The Morgan fingerprint density at radius 2 is 1.75 bits per heavy atom. The quantitative estimate of drug-likeness (QED) is 0.330. The van der Waals surface area contributed by atoms with Gasteiger partial charge in [-0.25, -0.2) is 13.4 Å². The van der Waals surface area contributed by atoms with Crippen molar-refractivity contribution in [2.45, 2.75) is 25.2 Å². The van der Waals surface area contributed by atoms with Gasteiger partial charge in [0.1, 0.15) is 17.1 Å². The zero-order chi connectivity index (χ0) is 22.9. The number of fused-ring (bicyclic) bond motifs is 1. The first kappa shape index (κ1) is 22.6. The Morgan fingerprint density at radius 1 is 1.03 bits per heavy atom. The van der Waals surface area contributed by atoms with E-state index in [1.54, 1.807) is 31.2 Å². The van der Waals surface area contributed by atoms with Crippen LogP contribution in [0.4, 0.5) is 0 Å². The minimum atomic E-state index is -3.22. The van der Waals surface area contributed by atoms with Crippen LogP contribution in [0, 0.1) is 0 Å². The molecule has 0 amide bonds. The molecule has 0 atom stereocenters. The number of hydrogen-bond donors (Lipinski definition) is 1. The van der Waals surface area contributed by atoms with Gasteiger partial charge in [-0.2, -0.15) is 0 Å². The van der Waals surface area contributed by atoms with Crippen LogP contribution in [-0.4, -0.2) is 30.7 Å². The predicted octanol–water partition coefficient (Wildman–Crippen LogP) is 6.32. The molecule has 0 aliphatic carbocycles. The predicted molar refractivity (Wildman–Crippen MR) is 130 cm³/mol. The molecule has 0 radical (unpaired) electrons. The van der Waals surface area contributed by atoms with E-state index in [4.69, 9.17) is 32.9 Å². The van der Waals surface area contributed by atoms with E-state index in [1.807, 2.05) is 37.3 Å². The molecule has 0 aliphatic rings. The topological polar surface area (TPSA) is 72.1 Å². The number of halogens is 2. The smallest absolute Gasteiger partial charge is 0.178 e. The fourth-order valence-electron chi connectivity index (χ4n) is 3.59. The average Bonchev–Trinajstić information content (AvgIpc) is 3.18. The van der Waals surface area contributed by atoms with Crippen molar-refractivity contribution >= 4 is 44.1 Å². The van der Waals surface area contributed by atoms with E-state index in [-0.39, 0.29) is 5.75 Å². The summed E-state index contributed by atoms with van der Waals surface area (Å²) in [6.45, 7) is 4.08. The van der Waals surface area contributed by atoms with Gasteiger partial charge in [-0.05, 0) is 36.8 Å². The third kappa shape index (κ3) is 4.35. The van der Waals surface area contributed by atoms with Crippen LogP contribution < -0.4 is 4.74 Å². The Morgan fingerprint density at radius 3 is 2.44 bits per heavy atom. The van der Waals surface area contributed by atoms with Gasteiger partial charge < -0.3 is 9.72 Å². The van der Waals surface area contributed by atoms with Crippen molar-refractivity contribution in [2.24, 2.45) is 0 Å². The van der Waals surface area contributed by atoms with Gasteiger partial charge >= 0.3 is 0 Å². The van der Waals surface area contributed by atoms with Gasteiger partial charge in [0.15, 0.2) is 9.84 Å². The number of ether oxygens (including phenoxy) is 1. The number of benzene rings is 3. The fourth-order valence-corrected chi connectivity index (χ4v) is 5.18. The molecule has 3 aromatic carbocycles. The van der Waals surface area contributed by atoms with Gasteiger partial charge in [-0.3, -0.25) is 0 Å². The maximum absolute atomic E-state index is 12.0. The lowest BCUT2D eigenvalue weighted by Crippen LogP contribution is -2.03. The maximum atomic E-state index is 12.0. The first-order valence-corrected chi connectivity index (χ1v) is 12.6. The second-order valence-corrected chi connectivity index (χ2v) is 10.3. The van der Waals surface area contributed by atoms with Crippen molar-refractivity contribution in [3.8, 4) is 16.9 Å². The molecule has 1 N–H and O–H groups in total. The second kappa shape index (κ2) is 9.14. The van der Waals surface area contributed by atoms with Crippen molar-refractivity contribution in [3.05, 3.63) is 76.0 Å². The highest BCUT2D eigenvalue weighted by Gasteiger charge is 2.19. The van der Waals surface area contributed by atoms with Crippen molar-refractivity contribution < 1.29 is 13.2 Å². The van der Waals surface area contributed by atoms with Crippen LogP contribution in [0.15, 0.2) is 59.5 Å². The number of aromatic amines is 1. The summed E-state index contributed by atoms with van der Waals surface area (Å²) >= 11 is 13.4. The van der Waals surface area contributed by atoms with Crippen LogP contribution in [0.3, 0.4) is 0 Å². The van der Waals surface area contributed by atoms with Crippen molar-refractivity contribution in [3.63, 3.8) is 0 Å². The summed E-state index contributed by atoms with van der Waals surface area (Å²) in [5, 5.41) is 0.950. The third-order valence-corrected chi connectivity index (χ3v) is 7.63. The highest BCUT2D eigenvalue weighted by atomic mass is 35.5. The molecule has 4 rings (SSSR count). The highest BCUT2D eigenvalue weighted by Crippen LogP contribution is 2.43. The molecule has 1 aromatic heterocycles. The fraction of sp³-hybridized carbons (Fsp3) is 0.208. The van der Waals surface area contributed by atoms with Gasteiger partial charge in [-0.15, -0.1) is 0 Å². The lowest BCUT2D eigenvalue weighted by atomic mass is 10.0. The molecule has 0 saturated heterocycles. The molecule has 32 heavy (non-hydrogen) atoms. The van der Waals surface area contributed by atoms with Crippen LogP contribution in [0.5, 0.6) is 5.75 Å². The maximum Gasteiger partial charge on any atom is 0.178 e. The average molecular weight is 489 g/mol. The molecule has 0 spiro atoms. The number of rotatable bonds is 7. The molecule has 0 unspecified atom stereocenters. The summed E-state index contributed by atoms with van der Waals surface area (Å²) in [4.78, 5) is 8.28. The Kier molecular flexibility index (Phi) is 6.47. The molecule has 0 saturated carbocycles. The van der Waals surface area contributed by atoms with E-state index in [1.165, 1.54) is 0 Å². The van der Waals surface area contributed by atoms with Crippen LogP contribution in [0.2, 0.25) is 10.0 Å². The Bertz CT molecular complexity index is 1380. The number of nitrogens with zero attached hydrogens (tertiary/aromatic N) is 1. The normalized spacial score (nSPS) is 11.8. The number of hydrogen-bond acceptors (Lipinski definition) is 4. The monoisotopic (exact) mass is 488 g/mol. The summed E-state index contributed by atoms with van der Waals surface area (Å²) in [5.41, 5.74) is 3.78. The summed E-state index contributed by atoms with van der Waals surface area (Å²) in [6.07, 6.45) is 0.500. The Labute approximate surface area is 197 Å². The molecule has 5 nitrogen and oxygen atoms in total. The standard InChI is InChI=1S/C24H22Cl2N2O3S/c1-3-31-20-8-6-5-7-17(20)22-18(25)14-19-24(23(22)26)28-21(27-19)13-15-9-11-16(12-10-15)32(29,30)4-2/h5-12,14H,3-4,13H2,1-2H3,(H,27,28). The SMILES string of the molecule is CCOc1ccccc1-c1c(Cl)cc2[nH]c(Cc3ccc(S(=O)(=O)CC)cc3)nc2c1Cl. The van der Waals surface area contributed by atoms with Gasteiger partial charge in [0.2, 0.25) is 0 Å². The molecule has 8 heteroatoms. The van der Waals surface area contributed by atoms with E-state index in [2.05, 4.69) is 4.98 Å². The number of para-hydroxylation sites is 1. The summed E-state index contributed by atoms with van der Waals surface area (Å²) < 4.78 is 29.8. The van der Waals surface area contributed by atoms with E-state index in [9.17, 15) is 8.42 Å². The summed E-state index contributed by atoms with van der Waals surface area (Å²) in [5.74, 6) is 1.49. The minimum Gasteiger partial charge on any atom is -0.493 e. The largest absolute Gasteiger partial charge is 0.493 e. The van der Waals surface area contributed by atoms with Crippen molar-refractivity contribution in [1.82, 2.24) is 9.97 Å². The first-order valence-electron chi connectivity index (χ1n) is 10.2. The number of nitrogens with one attached hydrogen (secondary N) is 1. The van der Waals surface area contributed by atoms with E-state index < -0.39 is 9.84 Å². The van der Waals surface area contributed by atoms with E-state index in [0.29, 0.717) is 50.6 Å². The van der Waals surface area contributed by atoms with Crippen molar-refractivity contribution in [1.29, 1.82) is 0 Å². The molecule has 1 heterocycles. The van der Waals surface area contributed by atoms with E-state index in [0.717, 1.165) is 16.6 Å². The molecule has 166 valence electrons. The van der Waals surface area contributed by atoms with Gasteiger partial charge in [0.05, 0.1) is 32.8 Å². The lowest BCUT2D eigenvalue weighted by molar-refractivity contribution is 0.341. The molecule has 0 bridgehead atoms. The zero-order valence-electron chi connectivity index (χ0n) is 17.7. The van der Waals surface area contributed by atoms with Gasteiger partial charge in [0.25, 0.3) is 0 Å². The lowest BCUT2D eigenvalue weighted by Gasteiger charge is -2.13. The van der Waals surface area contributed by atoms with Crippen molar-refractivity contribution in [2.75, 3.05) is 12.4 Å². The third-order valence-electron chi connectivity index (χ3n) is 5.21. The number of H-pyrrole nitrogens is 1. The zero-order valence-corrected chi connectivity index (χ0v) is 20.0. The summed E-state index contributed by atoms with van der Waals surface area (Å²) in [7, 11) is -3.22. The summed E-state index contributed by atoms with van der Waals surface area (Å²) in [6, 6.07) is 16.3. The highest BCUT2D eigenvalue weighted by molar-refractivity contribution is 7.91. The van der Waals surface area contributed by atoms with Gasteiger partial charge in [0, 0.05) is 17.5 Å². The van der Waals surface area contributed by atoms with E-state index >= 15 is 0 Å². The molecular weight excluding hydrogens is 467 g/mol. The van der Waals surface area contributed by atoms with Crippen LogP contribution >= 0.6 is 23.2 Å². The number of imidazole rings is 1. The van der Waals surface area contributed by atoms with Crippen LogP contribution in [-0.2, 0) is 16.3 Å². The Hall–Kier alpha value is -2.54. The Balaban J connectivity index is 1.71. The first-order chi connectivity index (χ1) is 15.3. The van der Waals surface area contributed by atoms with Gasteiger partial charge in [-0.1, -0.05) is 60.5 Å². The number of aromatic nitrogens is 2. The number of sulfone groups is 1. The molecule has 4 aromatic rings. The minimum absolute atomic E-state index is 0.0733.